The average Bonchev–Trinajstić information content (AvgIpc) is 2.35. The van der Waals surface area contributed by atoms with Crippen molar-refractivity contribution in [2.75, 3.05) is 18.4 Å². The Morgan fingerprint density at radius 3 is 2.94 bits per heavy atom. The molecule has 1 amide bonds. The summed E-state index contributed by atoms with van der Waals surface area (Å²) in [6.07, 6.45) is 1.88. The van der Waals surface area contributed by atoms with Gasteiger partial charge in [-0.1, -0.05) is 6.07 Å². The Bertz CT molecular complexity index is 451. The molecule has 4 nitrogen and oxygen atoms in total. The zero-order valence-corrected chi connectivity index (χ0v) is 10.9. The van der Waals surface area contributed by atoms with Gasteiger partial charge < -0.3 is 15.7 Å². The Kier molecular flexibility index (Phi) is 3.57. The number of piperidine rings is 1. The van der Waals surface area contributed by atoms with E-state index in [-0.39, 0.29) is 11.7 Å². The van der Waals surface area contributed by atoms with E-state index in [4.69, 9.17) is 0 Å². The quantitative estimate of drug-likeness (QED) is 0.702. The zero-order valence-electron chi connectivity index (χ0n) is 10.9. The second-order valence-electron chi connectivity index (χ2n) is 5.32. The molecule has 4 heteroatoms. The van der Waals surface area contributed by atoms with Gasteiger partial charge in [0.1, 0.15) is 5.75 Å². The number of aryl methyl sites for hydroxylation is 1. The number of benzene rings is 1. The number of anilines is 1. The third kappa shape index (κ3) is 2.64. The molecule has 0 aliphatic carbocycles. The maximum absolute atomic E-state index is 12.3. The molecule has 1 unspecified atom stereocenters. The van der Waals surface area contributed by atoms with Gasteiger partial charge in [-0.15, -0.1) is 0 Å². The van der Waals surface area contributed by atoms with Gasteiger partial charge in [0, 0.05) is 6.54 Å². The third-order valence-electron chi connectivity index (χ3n) is 3.55. The zero-order chi connectivity index (χ0) is 13.2. The van der Waals surface area contributed by atoms with Crippen LogP contribution in [0.5, 0.6) is 5.75 Å². The maximum atomic E-state index is 12.3. The van der Waals surface area contributed by atoms with Gasteiger partial charge in [0.15, 0.2) is 0 Å². The van der Waals surface area contributed by atoms with E-state index in [9.17, 15) is 9.90 Å². The van der Waals surface area contributed by atoms with Crippen molar-refractivity contribution < 1.29 is 9.90 Å². The molecule has 98 valence electrons. The fourth-order valence-electron chi connectivity index (χ4n) is 2.27. The Balaban J connectivity index is 2.13. The number of carbonyl (C=O) groups is 1. The number of hydrogen-bond donors (Lipinski definition) is 3. The first-order valence-electron chi connectivity index (χ1n) is 6.33. The lowest BCUT2D eigenvalue weighted by atomic mass is 9.82. The summed E-state index contributed by atoms with van der Waals surface area (Å²) in [6.45, 7) is 5.55. The van der Waals surface area contributed by atoms with Crippen molar-refractivity contribution in [2.24, 2.45) is 5.41 Å². The molecular weight excluding hydrogens is 228 g/mol. The molecule has 3 N–H and O–H groups in total. The Morgan fingerprint density at radius 2 is 2.28 bits per heavy atom. The Hall–Kier alpha value is -1.55. The van der Waals surface area contributed by atoms with Gasteiger partial charge in [-0.2, -0.15) is 0 Å². The van der Waals surface area contributed by atoms with Crippen LogP contribution in [-0.4, -0.2) is 24.1 Å². The number of amides is 1. The molecular formula is C14H20N2O2. The molecule has 0 spiro atoms. The lowest BCUT2D eigenvalue weighted by Crippen LogP contribution is -2.46. The topological polar surface area (TPSA) is 61.4 Å². The minimum Gasteiger partial charge on any atom is -0.506 e. The molecule has 0 saturated carbocycles. The monoisotopic (exact) mass is 248 g/mol. The molecule has 1 fully saturated rings. The van der Waals surface area contributed by atoms with Crippen LogP contribution in [-0.2, 0) is 4.79 Å². The van der Waals surface area contributed by atoms with Crippen LogP contribution in [0, 0.1) is 12.3 Å². The highest BCUT2D eigenvalue weighted by Gasteiger charge is 2.34. The highest BCUT2D eigenvalue weighted by Crippen LogP contribution is 2.30. The molecule has 2 rings (SSSR count). The first-order valence-corrected chi connectivity index (χ1v) is 6.33. The summed E-state index contributed by atoms with van der Waals surface area (Å²) >= 11 is 0. The first kappa shape index (κ1) is 12.9. The number of carbonyl (C=O) groups excluding carboxylic acids is 1. The summed E-state index contributed by atoms with van der Waals surface area (Å²) in [7, 11) is 0. The molecule has 1 aliphatic rings. The fourth-order valence-corrected chi connectivity index (χ4v) is 2.27. The second-order valence-corrected chi connectivity index (χ2v) is 5.32. The standard InChI is InChI=1S/C14H20N2O2/c1-10-4-5-12(17)11(8-10)16-13(18)14(2)6-3-7-15-9-14/h4-5,8,15,17H,3,6-7,9H2,1-2H3,(H,16,18). The summed E-state index contributed by atoms with van der Waals surface area (Å²) in [5.41, 5.74) is 1.11. The molecule has 1 atom stereocenters. The van der Waals surface area contributed by atoms with Crippen molar-refractivity contribution in [3.63, 3.8) is 0 Å². The highest BCUT2D eigenvalue weighted by atomic mass is 16.3. The van der Waals surface area contributed by atoms with E-state index in [1.165, 1.54) is 0 Å². The van der Waals surface area contributed by atoms with Crippen LogP contribution >= 0.6 is 0 Å². The van der Waals surface area contributed by atoms with Crippen molar-refractivity contribution in [1.82, 2.24) is 5.32 Å². The Labute approximate surface area is 107 Å². The van der Waals surface area contributed by atoms with Crippen molar-refractivity contribution in [3.05, 3.63) is 23.8 Å². The van der Waals surface area contributed by atoms with E-state index in [2.05, 4.69) is 10.6 Å². The summed E-state index contributed by atoms with van der Waals surface area (Å²) in [4.78, 5) is 12.3. The molecule has 1 aliphatic heterocycles. The van der Waals surface area contributed by atoms with Gasteiger partial charge in [-0.05, 0) is 50.9 Å². The molecule has 0 bridgehead atoms. The molecule has 1 saturated heterocycles. The molecule has 18 heavy (non-hydrogen) atoms. The van der Waals surface area contributed by atoms with Crippen LogP contribution in [0.15, 0.2) is 18.2 Å². The van der Waals surface area contributed by atoms with Crippen LogP contribution in [0.2, 0.25) is 0 Å². The van der Waals surface area contributed by atoms with Gasteiger partial charge in [0.05, 0.1) is 11.1 Å². The lowest BCUT2D eigenvalue weighted by molar-refractivity contribution is -0.125. The number of phenols is 1. The molecule has 0 aromatic heterocycles. The molecule has 1 heterocycles. The molecule has 1 aromatic carbocycles. The van der Waals surface area contributed by atoms with Gasteiger partial charge in [0.2, 0.25) is 5.91 Å². The summed E-state index contributed by atoms with van der Waals surface area (Å²) in [5.74, 6) is 0.0805. The largest absolute Gasteiger partial charge is 0.506 e. The van der Waals surface area contributed by atoms with E-state index in [0.717, 1.165) is 24.9 Å². The number of rotatable bonds is 2. The minimum absolute atomic E-state index is 0.0319. The van der Waals surface area contributed by atoms with E-state index in [1.807, 2.05) is 19.9 Å². The van der Waals surface area contributed by atoms with Crippen LogP contribution in [0.1, 0.15) is 25.3 Å². The minimum atomic E-state index is -0.394. The number of aromatic hydroxyl groups is 1. The number of hydrogen-bond acceptors (Lipinski definition) is 3. The van der Waals surface area contributed by atoms with Crippen LogP contribution in [0.3, 0.4) is 0 Å². The smallest absolute Gasteiger partial charge is 0.231 e. The summed E-state index contributed by atoms with van der Waals surface area (Å²) in [5, 5.41) is 15.8. The van der Waals surface area contributed by atoms with Crippen LogP contribution in [0.25, 0.3) is 0 Å². The van der Waals surface area contributed by atoms with Crippen LogP contribution in [0.4, 0.5) is 5.69 Å². The van der Waals surface area contributed by atoms with Crippen molar-refractivity contribution in [1.29, 1.82) is 0 Å². The normalized spacial score (nSPS) is 23.7. The van der Waals surface area contributed by atoms with Gasteiger partial charge in [-0.3, -0.25) is 4.79 Å². The third-order valence-corrected chi connectivity index (χ3v) is 3.55. The number of nitrogens with one attached hydrogen (secondary N) is 2. The highest BCUT2D eigenvalue weighted by molar-refractivity contribution is 5.96. The predicted molar refractivity (Wildman–Crippen MR) is 71.7 cm³/mol. The molecule has 1 aromatic rings. The first-order chi connectivity index (χ1) is 8.51. The lowest BCUT2D eigenvalue weighted by Gasteiger charge is -2.32. The van der Waals surface area contributed by atoms with E-state index in [0.29, 0.717) is 12.2 Å². The van der Waals surface area contributed by atoms with E-state index < -0.39 is 5.41 Å². The number of phenolic OH excluding ortho intramolecular Hbond substituents is 1. The van der Waals surface area contributed by atoms with Gasteiger partial charge in [0.25, 0.3) is 0 Å². The predicted octanol–water partition coefficient (Wildman–Crippen LogP) is 2.03. The van der Waals surface area contributed by atoms with E-state index >= 15 is 0 Å². The van der Waals surface area contributed by atoms with E-state index in [1.54, 1.807) is 12.1 Å². The van der Waals surface area contributed by atoms with Gasteiger partial charge >= 0.3 is 0 Å². The molecule has 0 radical (unpaired) electrons. The van der Waals surface area contributed by atoms with Crippen LogP contribution < -0.4 is 10.6 Å². The van der Waals surface area contributed by atoms with Crippen molar-refractivity contribution >= 4 is 11.6 Å². The van der Waals surface area contributed by atoms with Crippen molar-refractivity contribution in [2.45, 2.75) is 26.7 Å². The second kappa shape index (κ2) is 4.98. The summed E-state index contributed by atoms with van der Waals surface area (Å²) < 4.78 is 0. The van der Waals surface area contributed by atoms with Gasteiger partial charge in [-0.25, -0.2) is 0 Å². The fraction of sp³-hybridized carbons (Fsp3) is 0.500. The summed E-state index contributed by atoms with van der Waals surface area (Å²) in [6, 6.07) is 5.20. The maximum Gasteiger partial charge on any atom is 0.231 e. The van der Waals surface area contributed by atoms with Crippen molar-refractivity contribution in [3.8, 4) is 5.75 Å². The SMILES string of the molecule is Cc1ccc(O)c(NC(=O)C2(C)CCCNC2)c1. The average molecular weight is 248 g/mol. The Morgan fingerprint density at radius 1 is 1.50 bits per heavy atom.